The van der Waals surface area contributed by atoms with E-state index in [0.717, 1.165) is 0 Å². The fourth-order valence-electron chi connectivity index (χ4n) is 1.55. The summed E-state index contributed by atoms with van der Waals surface area (Å²) in [5.74, 6) is -70.1. The van der Waals surface area contributed by atoms with E-state index >= 15 is 0 Å². The molecule has 33 heavy (non-hydrogen) atoms. The molecule has 0 saturated heterocycles. The monoisotopic (exact) mass is 749 g/mol. The van der Waals surface area contributed by atoms with Crippen LogP contribution in [0.2, 0.25) is 0 Å². The second-order valence-corrected chi connectivity index (χ2v) is 6.20. The van der Waals surface area contributed by atoms with E-state index in [9.17, 15) is 92.2 Å². The molecule has 23 heteroatoms. The smallest absolute Gasteiger partial charge is 0.192 e. The molecular formula is C10HAuF21S. The van der Waals surface area contributed by atoms with Crippen LogP contribution in [0, 0.1) is 0 Å². The number of thiol groups is 1. The van der Waals surface area contributed by atoms with Crippen molar-refractivity contribution in [2.75, 3.05) is 0 Å². The Bertz CT molecular complexity index is 639. The topological polar surface area (TPSA) is 0 Å². The summed E-state index contributed by atoms with van der Waals surface area (Å²) in [5.41, 5.74) is 0. The molecule has 0 rings (SSSR count). The van der Waals surface area contributed by atoms with Crippen molar-refractivity contribution in [3.8, 4) is 0 Å². The first-order valence-electron chi connectivity index (χ1n) is 6.44. The van der Waals surface area contributed by atoms with Gasteiger partial charge in [0.1, 0.15) is 0 Å². The molecule has 0 aromatic rings. The number of hydrogen-bond acceptors (Lipinski definition) is 1. The molecule has 0 saturated carbocycles. The number of hydrogen-bond donors (Lipinski definition) is 1. The van der Waals surface area contributed by atoms with Crippen LogP contribution in [0.5, 0.6) is 0 Å². The molecule has 0 aliphatic heterocycles. The van der Waals surface area contributed by atoms with Crippen LogP contribution in [-0.4, -0.2) is 58.8 Å². The third-order valence-electron chi connectivity index (χ3n) is 3.49. The molecule has 0 nitrogen and oxygen atoms in total. The summed E-state index contributed by atoms with van der Waals surface area (Å²) >= 11 is 1.28. The minimum absolute atomic E-state index is 0. The third kappa shape index (κ3) is 4.27. The molecule has 0 aliphatic rings. The second-order valence-electron chi connectivity index (χ2n) is 5.63. The summed E-state index contributed by atoms with van der Waals surface area (Å²) in [6.07, 6.45) is -7.99. The molecule has 1 radical (unpaired) electrons. The summed E-state index contributed by atoms with van der Waals surface area (Å²) in [5, 5.41) is -6.83. The molecule has 0 N–H and O–H groups in total. The van der Waals surface area contributed by atoms with Gasteiger partial charge in [-0.1, -0.05) is 12.6 Å². The molecule has 0 bridgehead atoms. The zero-order valence-corrected chi connectivity index (χ0v) is 16.7. The van der Waals surface area contributed by atoms with E-state index < -0.39 is 58.8 Å². The van der Waals surface area contributed by atoms with Crippen molar-refractivity contribution in [3.63, 3.8) is 0 Å². The molecule has 0 atom stereocenters. The van der Waals surface area contributed by atoms with Crippen molar-refractivity contribution in [2.45, 2.75) is 58.8 Å². The van der Waals surface area contributed by atoms with Gasteiger partial charge >= 0.3 is 58.8 Å². The van der Waals surface area contributed by atoms with E-state index in [4.69, 9.17) is 0 Å². The molecule has 0 spiro atoms. The van der Waals surface area contributed by atoms with Crippen LogP contribution < -0.4 is 0 Å². The second kappa shape index (κ2) is 8.34. The predicted molar refractivity (Wildman–Crippen MR) is 59.6 cm³/mol. The van der Waals surface area contributed by atoms with Gasteiger partial charge in [-0.2, -0.15) is 92.2 Å². The summed E-state index contributed by atoms with van der Waals surface area (Å²) in [6.45, 7) is 0. The molecule has 0 aromatic heterocycles. The van der Waals surface area contributed by atoms with Crippen molar-refractivity contribution in [3.05, 3.63) is 0 Å². The van der Waals surface area contributed by atoms with E-state index in [2.05, 4.69) is 0 Å². The number of alkyl halides is 21. The van der Waals surface area contributed by atoms with Gasteiger partial charge in [0.2, 0.25) is 0 Å². The fourth-order valence-corrected chi connectivity index (χ4v) is 1.69. The molecule has 0 fully saturated rings. The first-order chi connectivity index (χ1) is 13.2. The maximum absolute atomic E-state index is 13.2. The van der Waals surface area contributed by atoms with Gasteiger partial charge < -0.3 is 0 Å². The zero-order chi connectivity index (χ0) is 27.0. The maximum atomic E-state index is 13.2. The SMILES string of the molecule is FC(F)(F)C(F)(F)C(F)(F)C(F)(F)C(F)(F)C(F)(F)C(F)(F)C(F)(F)C(F)(F)C(F)(F)S.[Au]. The molecule has 0 aromatic carbocycles. The molecular weight excluding hydrogens is 748 g/mol. The number of rotatable bonds is 8. The van der Waals surface area contributed by atoms with Crippen LogP contribution in [-0.2, 0) is 22.4 Å². The summed E-state index contributed by atoms with van der Waals surface area (Å²) < 4.78 is 267. The van der Waals surface area contributed by atoms with E-state index in [-0.39, 0.29) is 22.4 Å². The van der Waals surface area contributed by atoms with Crippen molar-refractivity contribution in [1.82, 2.24) is 0 Å². The van der Waals surface area contributed by atoms with E-state index in [1.54, 1.807) is 0 Å². The Morgan fingerprint density at radius 2 is 0.424 bits per heavy atom. The van der Waals surface area contributed by atoms with Gasteiger partial charge in [-0.15, -0.1) is 0 Å². The fraction of sp³-hybridized carbons (Fsp3) is 1.00. The van der Waals surface area contributed by atoms with Crippen molar-refractivity contribution in [1.29, 1.82) is 0 Å². The van der Waals surface area contributed by atoms with Crippen LogP contribution in [0.3, 0.4) is 0 Å². The van der Waals surface area contributed by atoms with Gasteiger partial charge in [-0.3, -0.25) is 0 Å². The van der Waals surface area contributed by atoms with Crippen LogP contribution in [0.15, 0.2) is 0 Å². The minimum Gasteiger partial charge on any atom is -0.192 e. The van der Waals surface area contributed by atoms with Crippen molar-refractivity contribution < 1.29 is 115 Å². The summed E-state index contributed by atoms with van der Waals surface area (Å²) in [7, 11) is 0. The summed E-state index contributed by atoms with van der Waals surface area (Å²) in [6, 6.07) is 0. The molecule has 0 aliphatic carbocycles. The Hall–Kier alpha value is -0.380. The van der Waals surface area contributed by atoms with Gasteiger partial charge in [0.25, 0.3) is 0 Å². The quantitative estimate of drug-likeness (QED) is 0.152. The average molecular weight is 749 g/mol. The van der Waals surface area contributed by atoms with Gasteiger partial charge in [0.05, 0.1) is 0 Å². The molecule has 205 valence electrons. The molecule has 0 amide bonds. The Morgan fingerprint density at radius 1 is 0.273 bits per heavy atom. The van der Waals surface area contributed by atoms with E-state index in [1.807, 2.05) is 0 Å². The zero-order valence-electron chi connectivity index (χ0n) is 13.7. The standard InChI is InChI=1S/C10HF21S.Au/c11-1(12,3(15,16)5(19,20)7(23,24)9(27,28)29)2(13,14)4(17,18)6(21,22)8(25,26)10(30,31)32;/h32H;. The minimum atomic E-state index is -9.15. The van der Waals surface area contributed by atoms with Crippen LogP contribution >= 0.6 is 12.6 Å². The van der Waals surface area contributed by atoms with Gasteiger partial charge in [-0.25, -0.2) is 0 Å². The van der Waals surface area contributed by atoms with Crippen molar-refractivity contribution >= 4 is 12.6 Å². The van der Waals surface area contributed by atoms with E-state index in [0.29, 0.717) is 0 Å². The average Bonchev–Trinajstić information content (AvgIpc) is 2.51. The Morgan fingerprint density at radius 3 is 0.576 bits per heavy atom. The maximum Gasteiger partial charge on any atom is 0.460 e. The molecule has 0 heterocycles. The van der Waals surface area contributed by atoms with Crippen molar-refractivity contribution in [2.24, 2.45) is 0 Å². The Balaban J connectivity index is 0. The third-order valence-corrected chi connectivity index (χ3v) is 3.77. The molecule has 0 unspecified atom stereocenters. The Kier molecular flexibility index (Phi) is 8.79. The van der Waals surface area contributed by atoms with Gasteiger partial charge in [-0.05, 0) is 0 Å². The first-order valence-corrected chi connectivity index (χ1v) is 6.89. The van der Waals surface area contributed by atoms with Crippen LogP contribution in [0.25, 0.3) is 0 Å². The van der Waals surface area contributed by atoms with E-state index in [1.165, 1.54) is 12.6 Å². The normalized spacial score (nSPS) is 16.5. The van der Waals surface area contributed by atoms with Gasteiger partial charge in [0, 0.05) is 22.4 Å². The largest absolute Gasteiger partial charge is 0.460 e. The predicted octanol–water partition coefficient (Wildman–Crippen LogP) is 7.15. The number of halogens is 21. The van der Waals surface area contributed by atoms with Crippen LogP contribution in [0.1, 0.15) is 0 Å². The summed E-state index contributed by atoms with van der Waals surface area (Å²) in [4.78, 5) is 0. The Labute approximate surface area is 186 Å². The van der Waals surface area contributed by atoms with Gasteiger partial charge in [0.15, 0.2) is 0 Å². The first kappa shape index (κ1) is 34.8. The van der Waals surface area contributed by atoms with Crippen LogP contribution in [0.4, 0.5) is 92.2 Å².